The summed E-state index contributed by atoms with van der Waals surface area (Å²) >= 11 is 11.7. The van der Waals surface area contributed by atoms with Crippen molar-refractivity contribution in [3.05, 3.63) is 69.0 Å². The molecule has 0 aliphatic rings. The summed E-state index contributed by atoms with van der Waals surface area (Å²) in [6.45, 7) is 0. The lowest BCUT2D eigenvalue weighted by Gasteiger charge is -2.17. The molecule has 2 N–H and O–H groups in total. The van der Waals surface area contributed by atoms with Gasteiger partial charge in [-0.15, -0.1) is 0 Å². The van der Waals surface area contributed by atoms with Crippen molar-refractivity contribution >= 4 is 23.2 Å². The molecule has 0 aromatic heterocycles. The Kier molecular flexibility index (Phi) is 4.46. The van der Waals surface area contributed by atoms with E-state index in [4.69, 9.17) is 28.9 Å². The Balaban J connectivity index is 2.46. The summed E-state index contributed by atoms with van der Waals surface area (Å²) in [5.74, 6) is -1.35. The number of benzene rings is 2. The summed E-state index contributed by atoms with van der Waals surface area (Å²) < 4.78 is 51.4. The summed E-state index contributed by atoms with van der Waals surface area (Å²) in [6, 6.07) is 6.18. The molecular weight excluding hydrogens is 329 g/mol. The third-order valence-electron chi connectivity index (χ3n) is 2.95. The van der Waals surface area contributed by atoms with Crippen molar-refractivity contribution in [2.45, 2.75) is 12.2 Å². The minimum atomic E-state index is -4.79. The quantitative estimate of drug-likeness (QED) is 0.749. The molecule has 0 saturated carbocycles. The van der Waals surface area contributed by atoms with Gasteiger partial charge in [0.1, 0.15) is 5.82 Å². The van der Waals surface area contributed by atoms with Gasteiger partial charge in [-0.25, -0.2) is 4.39 Å². The van der Waals surface area contributed by atoms with E-state index in [2.05, 4.69) is 0 Å². The highest BCUT2D eigenvalue weighted by molar-refractivity contribution is 6.35. The van der Waals surface area contributed by atoms with Gasteiger partial charge in [0.05, 0.1) is 11.6 Å². The molecule has 112 valence electrons. The van der Waals surface area contributed by atoms with Crippen LogP contribution in [0.3, 0.4) is 0 Å². The molecule has 0 amide bonds. The second-order valence-corrected chi connectivity index (χ2v) is 5.22. The van der Waals surface area contributed by atoms with Gasteiger partial charge in [0.25, 0.3) is 0 Å². The topological polar surface area (TPSA) is 26.0 Å². The van der Waals surface area contributed by atoms with Crippen molar-refractivity contribution in [1.82, 2.24) is 0 Å². The molecular formula is C14H9Cl2F4N. The standard InChI is InChI=1S/C14H9Cl2F4N/c15-8-2-3-9(11(16)6-8)13(21)7-1-4-12(17)10(5-7)14(18,19)20/h1-6,13H,21H2. The van der Waals surface area contributed by atoms with Crippen molar-refractivity contribution < 1.29 is 17.6 Å². The minimum absolute atomic E-state index is 0.105. The third-order valence-corrected chi connectivity index (χ3v) is 3.51. The van der Waals surface area contributed by atoms with E-state index in [1.165, 1.54) is 24.3 Å². The molecule has 7 heteroatoms. The maximum atomic E-state index is 13.3. The molecule has 0 aliphatic heterocycles. The fourth-order valence-corrected chi connectivity index (χ4v) is 2.41. The van der Waals surface area contributed by atoms with Crippen LogP contribution in [0.1, 0.15) is 22.7 Å². The van der Waals surface area contributed by atoms with Crippen LogP contribution in [0.5, 0.6) is 0 Å². The zero-order valence-corrected chi connectivity index (χ0v) is 11.9. The Morgan fingerprint density at radius 2 is 1.67 bits per heavy atom. The van der Waals surface area contributed by atoms with Crippen LogP contribution in [0.15, 0.2) is 36.4 Å². The van der Waals surface area contributed by atoms with E-state index in [-0.39, 0.29) is 10.6 Å². The van der Waals surface area contributed by atoms with Crippen LogP contribution in [-0.2, 0) is 6.18 Å². The number of rotatable bonds is 2. The zero-order valence-electron chi connectivity index (χ0n) is 10.4. The van der Waals surface area contributed by atoms with Gasteiger partial charge in [-0.2, -0.15) is 13.2 Å². The largest absolute Gasteiger partial charge is 0.419 e. The van der Waals surface area contributed by atoms with Crippen molar-refractivity contribution in [2.75, 3.05) is 0 Å². The van der Waals surface area contributed by atoms with Gasteiger partial charge in [0.2, 0.25) is 0 Å². The second-order valence-electron chi connectivity index (χ2n) is 4.38. The van der Waals surface area contributed by atoms with Gasteiger partial charge in [0, 0.05) is 10.0 Å². The maximum Gasteiger partial charge on any atom is 0.419 e. The van der Waals surface area contributed by atoms with E-state index >= 15 is 0 Å². The lowest BCUT2D eigenvalue weighted by atomic mass is 9.97. The van der Waals surface area contributed by atoms with Crippen LogP contribution in [-0.4, -0.2) is 0 Å². The summed E-state index contributed by atoms with van der Waals surface area (Å²) in [5.41, 5.74) is 5.06. The molecule has 1 atom stereocenters. The van der Waals surface area contributed by atoms with E-state index in [0.29, 0.717) is 16.7 Å². The summed E-state index contributed by atoms with van der Waals surface area (Å²) in [7, 11) is 0. The number of alkyl halides is 3. The van der Waals surface area contributed by atoms with E-state index in [1.807, 2.05) is 0 Å². The predicted molar refractivity (Wildman–Crippen MR) is 73.9 cm³/mol. The number of hydrogen-bond donors (Lipinski definition) is 1. The SMILES string of the molecule is NC(c1ccc(F)c(C(F)(F)F)c1)c1ccc(Cl)cc1Cl. The van der Waals surface area contributed by atoms with Gasteiger partial charge in [-0.1, -0.05) is 35.3 Å². The summed E-state index contributed by atoms with van der Waals surface area (Å²) in [5, 5.41) is 0.610. The lowest BCUT2D eigenvalue weighted by Crippen LogP contribution is -2.15. The molecule has 2 aromatic rings. The first-order chi connectivity index (χ1) is 9.70. The first-order valence-corrected chi connectivity index (χ1v) is 6.53. The molecule has 2 rings (SSSR count). The zero-order chi connectivity index (χ0) is 15.8. The van der Waals surface area contributed by atoms with Crippen LogP contribution in [0, 0.1) is 5.82 Å². The maximum absolute atomic E-state index is 13.3. The molecule has 1 unspecified atom stereocenters. The van der Waals surface area contributed by atoms with E-state index in [1.54, 1.807) is 0 Å². The molecule has 0 saturated heterocycles. The molecule has 0 bridgehead atoms. The van der Waals surface area contributed by atoms with Crippen LogP contribution >= 0.6 is 23.2 Å². The van der Waals surface area contributed by atoms with Gasteiger partial charge in [0.15, 0.2) is 0 Å². The van der Waals surface area contributed by atoms with E-state index in [9.17, 15) is 17.6 Å². The molecule has 1 nitrogen and oxygen atoms in total. The molecule has 21 heavy (non-hydrogen) atoms. The fraction of sp³-hybridized carbons (Fsp3) is 0.143. The van der Waals surface area contributed by atoms with Crippen molar-refractivity contribution in [2.24, 2.45) is 5.73 Å². The van der Waals surface area contributed by atoms with Crippen LogP contribution in [0.4, 0.5) is 17.6 Å². The Labute approximate surface area is 128 Å². The molecule has 0 radical (unpaired) electrons. The Bertz CT molecular complexity index is 671. The van der Waals surface area contributed by atoms with Crippen LogP contribution in [0.25, 0.3) is 0 Å². The Morgan fingerprint density at radius 1 is 1.00 bits per heavy atom. The highest BCUT2D eigenvalue weighted by atomic mass is 35.5. The van der Waals surface area contributed by atoms with Crippen molar-refractivity contribution in [1.29, 1.82) is 0 Å². The van der Waals surface area contributed by atoms with Crippen LogP contribution in [0.2, 0.25) is 10.0 Å². The van der Waals surface area contributed by atoms with Crippen LogP contribution < -0.4 is 5.73 Å². The van der Waals surface area contributed by atoms with Crippen molar-refractivity contribution in [3.63, 3.8) is 0 Å². The number of halogens is 6. The molecule has 0 fully saturated rings. The molecule has 2 aromatic carbocycles. The molecule has 0 aliphatic carbocycles. The third kappa shape index (κ3) is 3.48. The second kappa shape index (κ2) is 5.83. The lowest BCUT2D eigenvalue weighted by molar-refractivity contribution is -0.140. The summed E-state index contributed by atoms with van der Waals surface area (Å²) in [6.07, 6.45) is -4.79. The first kappa shape index (κ1) is 16.1. The number of nitrogens with two attached hydrogens (primary N) is 1. The van der Waals surface area contributed by atoms with E-state index in [0.717, 1.165) is 6.07 Å². The van der Waals surface area contributed by atoms with Gasteiger partial charge in [-0.3, -0.25) is 0 Å². The number of hydrogen-bond acceptors (Lipinski definition) is 1. The Morgan fingerprint density at radius 3 is 2.24 bits per heavy atom. The molecule has 0 heterocycles. The average molecular weight is 338 g/mol. The average Bonchev–Trinajstić information content (AvgIpc) is 2.37. The first-order valence-electron chi connectivity index (χ1n) is 5.77. The minimum Gasteiger partial charge on any atom is -0.320 e. The smallest absolute Gasteiger partial charge is 0.320 e. The van der Waals surface area contributed by atoms with Gasteiger partial charge >= 0.3 is 6.18 Å². The predicted octanol–water partition coefficient (Wildman–Crippen LogP) is 5.20. The van der Waals surface area contributed by atoms with E-state index < -0.39 is 23.6 Å². The normalized spacial score (nSPS) is 13.3. The van der Waals surface area contributed by atoms with Gasteiger partial charge < -0.3 is 5.73 Å². The fourth-order valence-electron chi connectivity index (χ4n) is 1.89. The highest BCUT2D eigenvalue weighted by Gasteiger charge is 2.34. The Hall–Kier alpha value is -1.30. The monoisotopic (exact) mass is 337 g/mol. The molecule has 0 spiro atoms. The highest BCUT2D eigenvalue weighted by Crippen LogP contribution is 2.35. The van der Waals surface area contributed by atoms with Crippen molar-refractivity contribution in [3.8, 4) is 0 Å². The summed E-state index contributed by atoms with van der Waals surface area (Å²) in [4.78, 5) is 0. The van der Waals surface area contributed by atoms with Gasteiger partial charge in [-0.05, 0) is 35.4 Å².